The Bertz CT molecular complexity index is 328. The second kappa shape index (κ2) is 3.73. The summed E-state index contributed by atoms with van der Waals surface area (Å²) >= 11 is 0. The van der Waals surface area contributed by atoms with Crippen LogP contribution in [-0.2, 0) is 13.0 Å². The van der Waals surface area contributed by atoms with E-state index >= 15 is 0 Å². The summed E-state index contributed by atoms with van der Waals surface area (Å²) in [4.78, 5) is 0. The van der Waals surface area contributed by atoms with Crippen molar-refractivity contribution in [3.63, 3.8) is 0 Å². The Morgan fingerprint density at radius 2 is 2.36 bits per heavy atom. The van der Waals surface area contributed by atoms with Crippen LogP contribution in [0.5, 0.6) is 0 Å². The molecule has 0 saturated carbocycles. The molecular weight excluding hydrogens is 174 g/mol. The first-order chi connectivity index (χ1) is 6.77. The molecule has 1 aromatic heterocycles. The van der Waals surface area contributed by atoms with Gasteiger partial charge < -0.3 is 5.73 Å². The molecule has 3 nitrogen and oxygen atoms in total. The summed E-state index contributed by atoms with van der Waals surface area (Å²) in [6.07, 6.45) is 3.62. The van der Waals surface area contributed by atoms with E-state index in [-0.39, 0.29) is 0 Å². The van der Waals surface area contributed by atoms with Gasteiger partial charge in [0.25, 0.3) is 0 Å². The SMILES string of the molecule is CCn1nc2c(c1C)C(CN)CCC2. The summed E-state index contributed by atoms with van der Waals surface area (Å²) in [7, 11) is 0. The van der Waals surface area contributed by atoms with Crippen LogP contribution in [0.3, 0.4) is 0 Å². The topological polar surface area (TPSA) is 43.8 Å². The fourth-order valence-corrected chi connectivity index (χ4v) is 2.54. The average Bonchev–Trinajstić information content (AvgIpc) is 2.55. The van der Waals surface area contributed by atoms with Gasteiger partial charge >= 0.3 is 0 Å². The van der Waals surface area contributed by atoms with Gasteiger partial charge in [0.2, 0.25) is 0 Å². The van der Waals surface area contributed by atoms with Crippen molar-refractivity contribution in [2.24, 2.45) is 5.73 Å². The zero-order chi connectivity index (χ0) is 10.1. The van der Waals surface area contributed by atoms with Crippen LogP contribution in [0.4, 0.5) is 0 Å². The fourth-order valence-electron chi connectivity index (χ4n) is 2.54. The van der Waals surface area contributed by atoms with Crippen molar-refractivity contribution in [2.45, 2.75) is 45.6 Å². The molecule has 0 spiro atoms. The molecule has 0 aliphatic heterocycles. The minimum absolute atomic E-state index is 0.555. The number of hydrogen-bond donors (Lipinski definition) is 1. The fraction of sp³-hybridized carbons (Fsp3) is 0.727. The first-order valence-corrected chi connectivity index (χ1v) is 5.54. The van der Waals surface area contributed by atoms with Crippen molar-refractivity contribution < 1.29 is 0 Å². The Kier molecular flexibility index (Phi) is 2.59. The van der Waals surface area contributed by atoms with Crippen LogP contribution in [0.2, 0.25) is 0 Å². The maximum absolute atomic E-state index is 5.80. The Hall–Kier alpha value is -0.830. The molecule has 2 N–H and O–H groups in total. The number of aryl methyl sites for hydroxylation is 2. The molecule has 1 aliphatic rings. The highest BCUT2D eigenvalue weighted by molar-refractivity contribution is 5.32. The highest BCUT2D eigenvalue weighted by atomic mass is 15.3. The molecule has 1 heterocycles. The lowest BCUT2D eigenvalue weighted by Crippen LogP contribution is -2.18. The zero-order valence-electron chi connectivity index (χ0n) is 9.08. The first kappa shape index (κ1) is 9.71. The van der Waals surface area contributed by atoms with Gasteiger partial charge in [-0.25, -0.2) is 0 Å². The van der Waals surface area contributed by atoms with Gasteiger partial charge in [-0.2, -0.15) is 5.10 Å². The molecule has 3 heteroatoms. The third-order valence-electron chi connectivity index (χ3n) is 3.29. The molecule has 2 rings (SSSR count). The Balaban J connectivity index is 2.45. The molecule has 0 bridgehead atoms. The van der Waals surface area contributed by atoms with Gasteiger partial charge in [0.15, 0.2) is 0 Å². The van der Waals surface area contributed by atoms with Crippen LogP contribution < -0.4 is 5.73 Å². The average molecular weight is 193 g/mol. The standard InChI is InChI=1S/C11H19N3/c1-3-14-8(2)11-9(7-12)5-4-6-10(11)13-14/h9H,3-7,12H2,1-2H3. The molecule has 0 amide bonds. The Morgan fingerprint density at radius 3 is 3.00 bits per heavy atom. The Morgan fingerprint density at radius 1 is 1.57 bits per heavy atom. The van der Waals surface area contributed by atoms with Gasteiger partial charge in [0, 0.05) is 17.8 Å². The molecular formula is C11H19N3. The summed E-state index contributed by atoms with van der Waals surface area (Å²) in [5.74, 6) is 0.555. The van der Waals surface area contributed by atoms with Crippen molar-refractivity contribution in [3.05, 3.63) is 17.0 Å². The van der Waals surface area contributed by atoms with E-state index in [4.69, 9.17) is 5.73 Å². The molecule has 1 aliphatic carbocycles. The summed E-state index contributed by atoms with van der Waals surface area (Å²) in [5, 5.41) is 4.63. The van der Waals surface area contributed by atoms with Crippen LogP contribution in [-0.4, -0.2) is 16.3 Å². The van der Waals surface area contributed by atoms with Gasteiger partial charge in [0.05, 0.1) is 5.69 Å². The third kappa shape index (κ3) is 1.36. The van der Waals surface area contributed by atoms with E-state index in [9.17, 15) is 0 Å². The first-order valence-electron chi connectivity index (χ1n) is 5.54. The predicted octanol–water partition coefficient (Wildman–Crippen LogP) is 1.59. The number of nitrogens with two attached hydrogens (primary N) is 1. The summed E-state index contributed by atoms with van der Waals surface area (Å²) in [6, 6.07) is 0. The van der Waals surface area contributed by atoms with Crippen molar-refractivity contribution >= 4 is 0 Å². The van der Waals surface area contributed by atoms with E-state index in [0.717, 1.165) is 19.5 Å². The van der Waals surface area contributed by atoms with Gasteiger partial charge in [-0.1, -0.05) is 0 Å². The molecule has 14 heavy (non-hydrogen) atoms. The van der Waals surface area contributed by atoms with Crippen LogP contribution in [0.15, 0.2) is 0 Å². The maximum Gasteiger partial charge on any atom is 0.0662 e. The third-order valence-corrected chi connectivity index (χ3v) is 3.29. The number of aromatic nitrogens is 2. The van der Waals surface area contributed by atoms with Crippen molar-refractivity contribution in [1.82, 2.24) is 9.78 Å². The number of fused-ring (bicyclic) bond motifs is 1. The molecule has 0 saturated heterocycles. The van der Waals surface area contributed by atoms with E-state index in [1.807, 2.05) is 0 Å². The highest BCUT2D eigenvalue weighted by Gasteiger charge is 2.24. The lowest BCUT2D eigenvalue weighted by Gasteiger charge is -2.20. The minimum atomic E-state index is 0.555. The molecule has 0 radical (unpaired) electrons. The lowest BCUT2D eigenvalue weighted by atomic mass is 9.85. The number of nitrogens with zero attached hydrogens (tertiary/aromatic N) is 2. The van der Waals surface area contributed by atoms with Gasteiger partial charge in [-0.05, 0) is 45.6 Å². The minimum Gasteiger partial charge on any atom is -0.330 e. The van der Waals surface area contributed by atoms with E-state index in [1.54, 1.807) is 0 Å². The summed E-state index contributed by atoms with van der Waals surface area (Å²) in [6.45, 7) is 6.05. The van der Waals surface area contributed by atoms with Crippen LogP contribution >= 0.6 is 0 Å². The van der Waals surface area contributed by atoms with E-state index in [1.165, 1.54) is 29.8 Å². The zero-order valence-corrected chi connectivity index (χ0v) is 9.08. The molecule has 0 fully saturated rings. The molecule has 1 aromatic rings. The summed E-state index contributed by atoms with van der Waals surface area (Å²) < 4.78 is 2.11. The predicted molar refractivity (Wildman–Crippen MR) is 57.4 cm³/mol. The summed E-state index contributed by atoms with van der Waals surface area (Å²) in [5.41, 5.74) is 9.87. The maximum atomic E-state index is 5.80. The van der Waals surface area contributed by atoms with Crippen molar-refractivity contribution in [1.29, 1.82) is 0 Å². The van der Waals surface area contributed by atoms with Crippen LogP contribution in [0.1, 0.15) is 42.6 Å². The second-order valence-electron chi connectivity index (χ2n) is 4.09. The molecule has 78 valence electrons. The van der Waals surface area contributed by atoms with Gasteiger partial charge in [0.1, 0.15) is 0 Å². The van der Waals surface area contributed by atoms with Crippen molar-refractivity contribution in [2.75, 3.05) is 6.54 Å². The number of hydrogen-bond acceptors (Lipinski definition) is 2. The molecule has 1 atom stereocenters. The molecule has 0 aromatic carbocycles. The van der Waals surface area contributed by atoms with Gasteiger partial charge in [-0.15, -0.1) is 0 Å². The second-order valence-corrected chi connectivity index (χ2v) is 4.09. The van der Waals surface area contributed by atoms with Crippen molar-refractivity contribution in [3.8, 4) is 0 Å². The Labute approximate surface area is 85.3 Å². The quantitative estimate of drug-likeness (QED) is 0.775. The van der Waals surface area contributed by atoms with Gasteiger partial charge in [-0.3, -0.25) is 4.68 Å². The van der Waals surface area contributed by atoms with E-state index in [0.29, 0.717) is 5.92 Å². The van der Waals surface area contributed by atoms with Crippen LogP contribution in [0.25, 0.3) is 0 Å². The van der Waals surface area contributed by atoms with E-state index < -0.39 is 0 Å². The van der Waals surface area contributed by atoms with Crippen LogP contribution in [0, 0.1) is 6.92 Å². The monoisotopic (exact) mass is 193 g/mol. The normalized spacial score (nSPS) is 20.9. The lowest BCUT2D eigenvalue weighted by molar-refractivity contribution is 0.554. The largest absolute Gasteiger partial charge is 0.330 e. The highest BCUT2D eigenvalue weighted by Crippen LogP contribution is 2.32. The number of rotatable bonds is 2. The van der Waals surface area contributed by atoms with E-state index in [2.05, 4.69) is 23.6 Å². The smallest absolute Gasteiger partial charge is 0.0662 e. The molecule has 1 unspecified atom stereocenters.